The number of ether oxygens (including phenoxy) is 1. The van der Waals surface area contributed by atoms with Gasteiger partial charge in [-0.2, -0.15) is 0 Å². The Kier molecular flexibility index (Phi) is 6.10. The van der Waals surface area contributed by atoms with Crippen molar-refractivity contribution in [2.24, 2.45) is 16.7 Å². The minimum atomic E-state index is -0.609. The van der Waals surface area contributed by atoms with E-state index in [1.165, 1.54) is 4.90 Å². The zero-order valence-corrected chi connectivity index (χ0v) is 28.3. The van der Waals surface area contributed by atoms with Crippen LogP contribution in [0.3, 0.4) is 0 Å². The lowest BCUT2D eigenvalue weighted by Gasteiger charge is -2.69. The molecule has 250 valence electrons. The van der Waals surface area contributed by atoms with Crippen molar-refractivity contribution in [3.8, 4) is 5.75 Å². The molecule has 1 aromatic carbocycles. The van der Waals surface area contributed by atoms with Gasteiger partial charge in [-0.25, -0.2) is 4.79 Å². The number of rotatable bonds is 7. The van der Waals surface area contributed by atoms with Crippen LogP contribution in [-0.2, 0) is 15.0 Å². The van der Waals surface area contributed by atoms with Crippen LogP contribution >= 0.6 is 11.6 Å². The van der Waals surface area contributed by atoms with E-state index in [1.54, 1.807) is 19.2 Å². The highest BCUT2D eigenvalue weighted by Gasteiger charge is 2.78. The molecule has 5 aliphatic carbocycles. The number of piperidine rings is 1. The molecule has 11 nitrogen and oxygen atoms in total. The highest BCUT2D eigenvalue weighted by molar-refractivity contribution is 6.19. The highest BCUT2D eigenvalue weighted by atomic mass is 35.5. The van der Waals surface area contributed by atoms with Crippen molar-refractivity contribution in [3.63, 3.8) is 0 Å². The summed E-state index contributed by atoms with van der Waals surface area (Å²) in [5, 5.41) is 3.96. The number of H-pyrrole nitrogens is 2. The Morgan fingerprint density at radius 1 is 1.06 bits per heavy atom. The van der Waals surface area contributed by atoms with Gasteiger partial charge in [0.2, 0.25) is 17.6 Å². The third-order valence-electron chi connectivity index (χ3n) is 12.4. The topological polar surface area (TPSA) is 131 Å². The number of carbonyl (C=O) groups is 4. The van der Waals surface area contributed by atoms with Crippen molar-refractivity contribution < 1.29 is 23.9 Å². The Bertz CT molecular complexity index is 2010. The van der Waals surface area contributed by atoms with Crippen molar-refractivity contribution in [2.75, 3.05) is 51.1 Å². The normalized spacial score (nSPS) is 30.2. The molecule has 2 aliphatic heterocycles. The van der Waals surface area contributed by atoms with Gasteiger partial charge in [0.15, 0.2) is 5.75 Å². The summed E-state index contributed by atoms with van der Waals surface area (Å²) in [7, 11) is 3.52. The molecule has 1 saturated heterocycles. The fourth-order valence-electron chi connectivity index (χ4n) is 10.0. The number of anilines is 1. The lowest BCUT2D eigenvalue weighted by atomic mass is 9.34. The van der Waals surface area contributed by atoms with Crippen molar-refractivity contribution in [1.29, 1.82) is 0 Å². The Morgan fingerprint density at radius 2 is 1.77 bits per heavy atom. The number of halogens is 1. The molecule has 4 heterocycles. The molecule has 5 fully saturated rings. The Balaban J connectivity index is 0.977. The third kappa shape index (κ3) is 3.64. The van der Waals surface area contributed by atoms with E-state index in [-0.39, 0.29) is 28.9 Å². The van der Waals surface area contributed by atoms with Gasteiger partial charge in [-0.1, -0.05) is 0 Å². The van der Waals surface area contributed by atoms with Crippen molar-refractivity contribution in [1.82, 2.24) is 25.1 Å². The second-order valence-electron chi connectivity index (χ2n) is 15.2. The second-order valence-corrected chi connectivity index (χ2v) is 15.5. The van der Waals surface area contributed by atoms with Gasteiger partial charge in [0.05, 0.1) is 27.7 Å². The van der Waals surface area contributed by atoms with Gasteiger partial charge < -0.3 is 34.7 Å². The molecule has 2 aromatic heterocycles. The number of aryl methyl sites for hydroxylation is 2. The van der Waals surface area contributed by atoms with Crippen LogP contribution in [0.25, 0.3) is 10.9 Å². The summed E-state index contributed by atoms with van der Waals surface area (Å²) in [6.07, 6.45) is 7.45. The van der Waals surface area contributed by atoms with Gasteiger partial charge in [-0.05, 0) is 74.8 Å². The number of benzene rings is 1. The van der Waals surface area contributed by atoms with E-state index < -0.39 is 16.9 Å². The molecule has 3 N–H and O–H groups in total. The fourth-order valence-corrected chi connectivity index (χ4v) is 10.3. The van der Waals surface area contributed by atoms with Crippen LogP contribution in [0, 0.1) is 30.6 Å². The summed E-state index contributed by atoms with van der Waals surface area (Å²) in [6, 6.07) is 1.80. The molecule has 12 heteroatoms. The molecule has 4 saturated carbocycles. The predicted molar refractivity (Wildman–Crippen MR) is 180 cm³/mol. The number of aromatic nitrogens is 2. The van der Waals surface area contributed by atoms with Crippen molar-refractivity contribution >= 4 is 51.9 Å². The summed E-state index contributed by atoms with van der Waals surface area (Å²) >= 11 is 6.54. The van der Waals surface area contributed by atoms with E-state index in [1.807, 2.05) is 43.1 Å². The quantitative estimate of drug-likeness (QED) is 0.318. The Hall–Kier alpha value is -4.09. The number of amides is 3. The summed E-state index contributed by atoms with van der Waals surface area (Å²) in [4.78, 5) is 66.4. The second kappa shape index (κ2) is 9.75. The van der Waals surface area contributed by atoms with E-state index in [0.29, 0.717) is 74.2 Å². The van der Waals surface area contributed by atoms with Crippen LogP contribution in [0.15, 0.2) is 30.2 Å². The van der Waals surface area contributed by atoms with Gasteiger partial charge in [0.1, 0.15) is 0 Å². The molecule has 3 atom stereocenters. The zero-order chi connectivity index (χ0) is 33.5. The first-order valence-corrected chi connectivity index (χ1v) is 17.4. The van der Waals surface area contributed by atoms with Gasteiger partial charge in [0.25, 0.3) is 0 Å². The number of hydrogen-bond acceptors (Lipinski definition) is 6. The molecule has 10 rings (SSSR count). The first-order chi connectivity index (χ1) is 23.0. The maximum atomic E-state index is 14.5. The summed E-state index contributed by atoms with van der Waals surface area (Å²) in [5.74, 6) is 0.934. The van der Waals surface area contributed by atoms with Crippen LogP contribution in [0.4, 0.5) is 10.5 Å². The average Bonchev–Trinajstić information content (AvgIpc) is 3.40. The van der Waals surface area contributed by atoms with Gasteiger partial charge >= 0.3 is 6.09 Å². The Labute approximate surface area is 283 Å². The number of nitrogens with zero attached hydrogens (tertiary/aromatic N) is 3. The summed E-state index contributed by atoms with van der Waals surface area (Å²) < 4.78 is 5.92. The van der Waals surface area contributed by atoms with E-state index in [9.17, 15) is 19.2 Å². The minimum absolute atomic E-state index is 0.00221. The molecule has 3 amide bonds. The summed E-state index contributed by atoms with van der Waals surface area (Å²) in [6.45, 7) is 6.19. The van der Waals surface area contributed by atoms with E-state index in [0.717, 1.165) is 45.4 Å². The van der Waals surface area contributed by atoms with Crippen molar-refractivity contribution in [3.05, 3.63) is 58.2 Å². The van der Waals surface area contributed by atoms with Crippen LogP contribution in [0.1, 0.15) is 64.3 Å². The number of hydrogen-bond donors (Lipinski definition) is 3. The number of nitrogens with one attached hydrogen (secondary N) is 3. The van der Waals surface area contributed by atoms with E-state index in [2.05, 4.69) is 15.3 Å². The fraction of sp³-hybridized carbons (Fsp3) is 0.500. The number of allylic oxidation sites excluding steroid dienone is 2. The van der Waals surface area contributed by atoms with Crippen LogP contribution < -0.4 is 15.0 Å². The third-order valence-corrected chi connectivity index (χ3v) is 12.7. The number of aromatic amines is 2. The standard InChI is InChI=1S/C36H39ClN6O5/c1-18-11-40-30-24(48-33(47)41(4)6-5-38-3)7-22-27(26(18)30)20(10-37)13-42(22)31(45)34-15-35(16-34,17-34)32(46)43-14-21-9-36(21)25(43)8-23(44)29-28(36)19(2)12-39-29/h7-8,11-12,20-21,38-40H,5-6,9-10,13-17H2,1-4H3/t20-,21-,34?,35?,36?/m1/s1. The minimum Gasteiger partial charge on any atom is -0.408 e. The molecular formula is C36H39ClN6O5. The molecule has 48 heavy (non-hydrogen) atoms. The smallest absolute Gasteiger partial charge is 0.408 e. The lowest BCUT2D eigenvalue weighted by Crippen LogP contribution is -2.72. The monoisotopic (exact) mass is 670 g/mol. The van der Waals surface area contributed by atoms with Crippen LogP contribution in [0.5, 0.6) is 5.75 Å². The molecule has 3 aromatic rings. The summed E-state index contributed by atoms with van der Waals surface area (Å²) in [5.41, 5.74) is 5.64. The number of ketones is 1. The molecule has 7 aliphatic rings. The first kappa shape index (κ1) is 30.0. The van der Waals surface area contributed by atoms with Crippen LogP contribution in [-0.4, -0.2) is 89.6 Å². The molecule has 1 spiro atoms. The maximum Gasteiger partial charge on any atom is 0.415 e. The predicted octanol–water partition coefficient (Wildman–Crippen LogP) is 4.48. The van der Waals surface area contributed by atoms with Crippen LogP contribution in [0.2, 0.25) is 0 Å². The number of likely N-dealkylation sites (N-methyl/N-ethyl adjacent to an activating group) is 2. The van der Waals surface area contributed by atoms with E-state index >= 15 is 0 Å². The van der Waals surface area contributed by atoms with Crippen molar-refractivity contribution in [2.45, 2.75) is 50.9 Å². The molecule has 2 bridgehead atoms. The first-order valence-electron chi connectivity index (χ1n) is 16.9. The molecular weight excluding hydrogens is 632 g/mol. The SMILES string of the molecule is CNCCN(C)C(=O)Oc1cc2c(c3c(C)c[nH]c13)[C@H](CCl)CN2C(=O)C12CC(C(=O)N3C[C@H]4CC45C3=CC(=O)c3[nH]cc(C)c35)(C1)C2. The Morgan fingerprint density at radius 3 is 2.48 bits per heavy atom. The zero-order valence-electron chi connectivity index (χ0n) is 27.6. The molecule has 0 radical (unpaired) electrons. The number of fused-ring (bicyclic) bond motifs is 4. The lowest BCUT2D eigenvalue weighted by molar-refractivity contribution is -0.212. The largest absolute Gasteiger partial charge is 0.415 e. The van der Waals surface area contributed by atoms with Gasteiger partial charge in [-0.15, -0.1) is 11.6 Å². The van der Waals surface area contributed by atoms with E-state index in [4.69, 9.17) is 16.3 Å². The number of carbonyl (C=O) groups excluding carboxylic acids is 4. The number of likely N-dealkylation sites (tertiary alicyclic amines) is 1. The molecule has 1 unspecified atom stereocenters. The number of alkyl halides is 1. The maximum absolute atomic E-state index is 14.5. The highest BCUT2D eigenvalue weighted by Crippen LogP contribution is 2.76. The van der Waals surface area contributed by atoms with Gasteiger partial charge in [0, 0.05) is 86.1 Å². The van der Waals surface area contributed by atoms with Gasteiger partial charge in [-0.3, -0.25) is 14.4 Å². The average molecular weight is 671 g/mol.